The zero-order chi connectivity index (χ0) is 21.1. The van der Waals surface area contributed by atoms with Gasteiger partial charge in [0, 0.05) is 11.1 Å². The molecule has 4 aromatic rings. The van der Waals surface area contributed by atoms with Crippen LogP contribution in [0, 0.1) is 0 Å². The van der Waals surface area contributed by atoms with Crippen LogP contribution in [0.3, 0.4) is 0 Å². The molecule has 0 amide bonds. The molecule has 0 aliphatic heterocycles. The van der Waals surface area contributed by atoms with Crippen LogP contribution in [0.15, 0.2) is 78.9 Å². The molecule has 0 saturated carbocycles. The van der Waals surface area contributed by atoms with Crippen molar-refractivity contribution in [2.75, 3.05) is 0 Å². The van der Waals surface area contributed by atoms with Crippen molar-refractivity contribution in [3.63, 3.8) is 0 Å². The maximum atomic E-state index is 13.5. The van der Waals surface area contributed by atoms with E-state index in [4.69, 9.17) is 4.74 Å². The van der Waals surface area contributed by atoms with Gasteiger partial charge in [0.25, 0.3) is 0 Å². The maximum absolute atomic E-state index is 13.5. The number of esters is 1. The highest BCUT2D eigenvalue weighted by molar-refractivity contribution is 6.14. The molecule has 0 spiro atoms. The minimum absolute atomic E-state index is 0.0612. The molecule has 4 rings (SSSR count). The topological polar surface area (TPSA) is 61.2 Å². The van der Waals surface area contributed by atoms with E-state index in [1.807, 2.05) is 0 Å². The summed E-state index contributed by atoms with van der Waals surface area (Å²) in [4.78, 5) is 29.6. The molecule has 0 unspecified atom stereocenters. The van der Waals surface area contributed by atoms with Crippen LogP contribution >= 0.6 is 0 Å². The number of fused-ring (bicyclic) bond motifs is 1. The Morgan fingerprint density at radius 2 is 1.50 bits per heavy atom. The van der Waals surface area contributed by atoms with Gasteiger partial charge in [0.05, 0.1) is 16.6 Å². The van der Waals surface area contributed by atoms with Crippen molar-refractivity contribution in [3.8, 4) is 0 Å². The summed E-state index contributed by atoms with van der Waals surface area (Å²) in [6, 6.07) is 21.2. The van der Waals surface area contributed by atoms with Crippen molar-refractivity contribution < 1.29 is 23.1 Å². The van der Waals surface area contributed by atoms with Gasteiger partial charge in [-0.3, -0.25) is 9.36 Å². The van der Waals surface area contributed by atoms with Crippen LogP contribution in [0.5, 0.6) is 0 Å². The minimum Gasteiger partial charge on any atom is -0.454 e. The van der Waals surface area contributed by atoms with E-state index < -0.39 is 19.1 Å². The van der Waals surface area contributed by atoms with Crippen molar-refractivity contribution in [1.29, 1.82) is 0 Å². The number of ether oxygens (including phenoxy) is 1. The molecule has 1 aromatic heterocycles. The molecule has 0 N–H and O–H groups in total. The van der Waals surface area contributed by atoms with Gasteiger partial charge in [-0.05, 0) is 18.2 Å². The van der Waals surface area contributed by atoms with E-state index in [0.29, 0.717) is 11.1 Å². The SMILES string of the molecule is O=C(OCc1nc2ccccc2n1C(F)F)c1ccccc1C(=O)c1ccccc1. The fourth-order valence-electron chi connectivity index (χ4n) is 3.23. The summed E-state index contributed by atoms with van der Waals surface area (Å²) in [5.41, 5.74) is 1.29. The molecule has 7 heteroatoms. The zero-order valence-corrected chi connectivity index (χ0v) is 15.7. The van der Waals surface area contributed by atoms with Crippen LogP contribution in [0.25, 0.3) is 11.0 Å². The summed E-state index contributed by atoms with van der Waals surface area (Å²) in [6.07, 6.45) is 0. The van der Waals surface area contributed by atoms with Gasteiger partial charge in [-0.15, -0.1) is 0 Å². The smallest absolute Gasteiger partial charge is 0.339 e. The van der Waals surface area contributed by atoms with Gasteiger partial charge in [-0.1, -0.05) is 60.7 Å². The Morgan fingerprint density at radius 1 is 0.867 bits per heavy atom. The van der Waals surface area contributed by atoms with E-state index in [1.165, 1.54) is 18.2 Å². The van der Waals surface area contributed by atoms with Gasteiger partial charge in [-0.2, -0.15) is 8.78 Å². The lowest BCUT2D eigenvalue weighted by Gasteiger charge is -2.10. The third kappa shape index (κ3) is 3.69. The molecule has 150 valence electrons. The molecule has 1 heterocycles. The Hall–Kier alpha value is -3.87. The lowest BCUT2D eigenvalue weighted by atomic mass is 9.98. The molecule has 5 nitrogen and oxygen atoms in total. The average Bonchev–Trinajstić information content (AvgIpc) is 3.16. The summed E-state index contributed by atoms with van der Waals surface area (Å²) >= 11 is 0. The van der Waals surface area contributed by atoms with Gasteiger partial charge in [0.2, 0.25) is 0 Å². The highest BCUT2D eigenvalue weighted by Gasteiger charge is 2.22. The van der Waals surface area contributed by atoms with E-state index >= 15 is 0 Å². The number of hydrogen-bond acceptors (Lipinski definition) is 4. The van der Waals surface area contributed by atoms with E-state index in [-0.39, 0.29) is 28.3 Å². The van der Waals surface area contributed by atoms with Crippen LogP contribution in [-0.2, 0) is 11.3 Å². The third-order valence-electron chi connectivity index (χ3n) is 4.62. The van der Waals surface area contributed by atoms with Crippen molar-refractivity contribution in [2.24, 2.45) is 0 Å². The zero-order valence-electron chi connectivity index (χ0n) is 15.7. The molecule has 0 aliphatic carbocycles. The molecule has 0 fully saturated rings. The predicted molar refractivity (Wildman–Crippen MR) is 106 cm³/mol. The van der Waals surface area contributed by atoms with E-state index in [1.54, 1.807) is 60.7 Å². The number of halogens is 2. The monoisotopic (exact) mass is 406 g/mol. The number of nitrogens with zero attached hydrogens (tertiary/aromatic N) is 2. The van der Waals surface area contributed by atoms with Crippen molar-refractivity contribution in [3.05, 3.63) is 101 Å². The molecule has 3 aromatic carbocycles. The number of imidazole rings is 1. The fraction of sp³-hybridized carbons (Fsp3) is 0.0870. The first kappa shape index (κ1) is 19.4. The number of alkyl halides is 2. The van der Waals surface area contributed by atoms with Crippen LogP contribution in [0.1, 0.15) is 38.7 Å². The van der Waals surface area contributed by atoms with Gasteiger partial charge in [0.1, 0.15) is 6.61 Å². The number of benzene rings is 3. The Morgan fingerprint density at radius 3 is 2.23 bits per heavy atom. The number of para-hydroxylation sites is 2. The van der Waals surface area contributed by atoms with Gasteiger partial charge in [0.15, 0.2) is 11.6 Å². The maximum Gasteiger partial charge on any atom is 0.339 e. The van der Waals surface area contributed by atoms with Crippen LogP contribution < -0.4 is 0 Å². The Balaban J connectivity index is 1.60. The summed E-state index contributed by atoms with van der Waals surface area (Å²) < 4.78 is 33.0. The summed E-state index contributed by atoms with van der Waals surface area (Å²) in [6.45, 7) is -3.29. The van der Waals surface area contributed by atoms with Gasteiger partial charge >= 0.3 is 12.5 Å². The van der Waals surface area contributed by atoms with Crippen molar-refractivity contribution >= 4 is 22.8 Å². The fourth-order valence-corrected chi connectivity index (χ4v) is 3.23. The predicted octanol–water partition coefficient (Wildman–Crippen LogP) is 5.02. The molecule has 0 atom stereocenters. The van der Waals surface area contributed by atoms with Gasteiger partial charge < -0.3 is 4.74 Å². The molecule has 0 saturated heterocycles. The first-order valence-corrected chi connectivity index (χ1v) is 9.16. The van der Waals surface area contributed by atoms with E-state index in [2.05, 4.69) is 4.98 Å². The number of carbonyl (C=O) groups excluding carboxylic acids is 2. The normalized spacial score (nSPS) is 11.0. The highest BCUT2D eigenvalue weighted by atomic mass is 19.3. The Bertz CT molecular complexity index is 1220. The second-order valence-corrected chi connectivity index (χ2v) is 6.48. The quantitative estimate of drug-likeness (QED) is 0.333. The molecule has 0 aliphatic rings. The number of rotatable bonds is 6. The third-order valence-corrected chi connectivity index (χ3v) is 4.62. The van der Waals surface area contributed by atoms with E-state index in [9.17, 15) is 18.4 Å². The van der Waals surface area contributed by atoms with Crippen LogP contribution in [0.4, 0.5) is 8.78 Å². The summed E-state index contributed by atoms with van der Waals surface area (Å²) in [5, 5.41) is 0. The molecular weight excluding hydrogens is 390 g/mol. The largest absolute Gasteiger partial charge is 0.454 e. The number of carbonyl (C=O) groups is 2. The second-order valence-electron chi connectivity index (χ2n) is 6.48. The van der Waals surface area contributed by atoms with Crippen molar-refractivity contribution in [1.82, 2.24) is 9.55 Å². The minimum atomic E-state index is -2.84. The van der Waals surface area contributed by atoms with Gasteiger partial charge in [-0.25, -0.2) is 9.78 Å². The second kappa shape index (κ2) is 8.24. The lowest BCUT2D eigenvalue weighted by Crippen LogP contribution is -2.14. The molecular formula is C23H16F2N2O3. The summed E-state index contributed by atoms with van der Waals surface area (Å²) in [7, 11) is 0. The Kier molecular flexibility index (Phi) is 5.34. The van der Waals surface area contributed by atoms with Crippen LogP contribution in [0.2, 0.25) is 0 Å². The van der Waals surface area contributed by atoms with Crippen LogP contribution in [-0.4, -0.2) is 21.3 Å². The van der Waals surface area contributed by atoms with E-state index in [0.717, 1.165) is 4.57 Å². The molecule has 0 radical (unpaired) electrons. The first-order valence-electron chi connectivity index (χ1n) is 9.16. The first-order chi connectivity index (χ1) is 14.6. The summed E-state index contributed by atoms with van der Waals surface area (Å²) in [5.74, 6) is -1.20. The molecule has 0 bridgehead atoms. The number of ketones is 1. The Labute approximate surface area is 170 Å². The van der Waals surface area contributed by atoms with Crippen molar-refractivity contribution in [2.45, 2.75) is 13.2 Å². The number of hydrogen-bond donors (Lipinski definition) is 0. The highest BCUT2D eigenvalue weighted by Crippen LogP contribution is 2.24. The molecule has 30 heavy (non-hydrogen) atoms. The number of aromatic nitrogens is 2. The average molecular weight is 406 g/mol. The lowest BCUT2D eigenvalue weighted by molar-refractivity contribution is 0.0386. The standard InChI is InChI=1S/C23H16F2N2O3/c24-23(25)27-19-13-7-6-12-18(19)26-20(27)14-30-22(29)17-11-5-4-10-16(17)21(28)15-8-2-1-3-9-15/h1-13,23H,14H2.